The van der Waals surface area contributed by atoms with Crippen molar-refractivity contribution < 1.29 is 0 Å². The van der Waals surface area contributed by atoms with E-state index in [9.17, 15) is 0 Å². The zero-order valence-electron chi connectivity index (χ0n) is 11.3. The predicted octanol–water partition coefficient (Wildman–Crippen LogP) is 2.04. The van der Waals surface area contributed by atoms with Crippen molar-refractivity contribution in [2.45, 2.75) is 45.3 Å². The molecule has 94 valence electrons. The number of aromatic nitrogens is 1. The summed E-state index contributed by atoms with van der Waals surface area (Å²) in [5, 5.41) is 3.61. The molecule has 0 aliphatic carbocycles. The van der Waals surface area contributed by atoms with E-state index in [0.29, 0.717) is 0 Å². The summed E-state index contributed by atoms with van der Waals surface area (Å²) in [5.74, 6) is 0. The van der Waals surface area contributed by atoms with E-state index in [1.165, 1.54) is 5.56 Å². The van der Waals surface area contributed by atoms with Gasteiger partial charge in [-0.05, 0) is 39.3 Å². The highest BCUT2D eigenvalue weighted by Crippen LogP contribution is 2.25. The minimum absolute atomic E-state index is 0.192. The Kier molecular flexibility index (Phi) is 3.23. The van der Waals surface area contributed by atoms with Gasteiger partial charge >= 0.3 is 0 Å². The van der Waals surface area contributed by atoms with Gasteiger partial charge in [-0.1, -0.05) is 6.07 Å². The summed E-state index contributed by atoms with van der Waals surface area (Å²) < 4.78 is 0. The Morgan fingerprint density at radius 3 is 2.76 bits per heavy atom. The first-order valence-electron chi connectivity index (χ1n) is 6.28. The Hall–Kier alpha value is -0.930. The molecule has 0 spiro atoms. The molecular formula is C14H23N3. The second-order valence-corrected chi connectivity index (χ2v) is 6.27. The summed E-state index contributed by atoms with van der Waals surface area (Å²) in [6.45, 7) is 12.2. The molecule has 0 amide bonds. The third-order valence-corrected chi connectivity index (χ3v) is 3.54. The lowest BCUT2D eigenvalue weighted by Crippen LogP contribution is -2.65. The number of nitrogens with one attached hydrogen (secondary N) is 1. The van der Waals surface area contributed by atoms with Crippen LogP contribution in [-0.2, 0) is 6.54 Å². The number of rotatable bonds is 2. The van der Waals surface area contributed by atoms with Crippen molar-refractivity contribution in [1.82, 2.24) is 15.2 Å². The van der Waals surface area contributed by atoms with Gasteiger partial charge < -0.3 is 5.32 Å². The molecule has 2 rings (SSSR count). The van der Waals surface area contributed by atoms with E-state index >= 15 is 0 Å². The molecule has 1 fully saturated rings. The van der Waals surface area contributed by atoms with Crippen molar-refractivity contribution in [3.63, 3.8) is 0 Å². The fourth-order valence-electron chi connectivity index (χ4n) is 2.30. The van der Waals surface area contributed by atoms with Crippen LogP contribution in [0.1, 0.15) is 33.3 Å². The van der Waals surface area contributed by atoms with E-state index in [0.717, 1.165) is 19.6 Å². The van der Waals surface area contributed by atoms with Crippen molar-refractivity contribution in [2.75, 3.05) is 13.1 Å². The van der Waals surface area contributed by atoms with E-state index in [-0.39, 0.29) is 11.1 Å². The van der Waals surface area contributed by atoms with Gasteiger partial charge in [-0.15, -0.1) is 0 Å². The second kappa shape index (κ2) is 4.39. The van der Waals surface area contributed by atoms with Gasteiger partial charge in [-0.3, -0.25) is 9.88 Å². The van der Waals surface area contributed by atoms with E-state index in [1.54, 1.807) is 0 Å². The molecule has 1 saturated heterocycles. The van der Waals surface area contributed by atoms with Crippen molar-refractivity contribution in [1.29, 1.82) is 0 Å². The Morgan fingerprint density at radius 2 is 2.12 bits per heavy atom. The quantitative estimate of drug-likeness (QED) is 0.847. The summed E-state index contributed by atoms with van der Waals surface area (Å²) in [6, 6.07) is 4.16. The lowest BCUT2D eigenvalue weighted by Gasteiger charge is -2.49. The number of hydrogen-bond acceptors (Lipinski definition) is 3. The number of piperazine rings is 1. The first-order valence-corrected chi connectivity index (χ1v) is 6.28. The van der Waals surface area contributed by atoms with E-state index in [2.05, 4.69) is 49.0 Å². The summed E-state index contributed by atoms with van der Waals surface area (Å²) in [5.41, 5.74) is 1.68. The monoisotopic (exact) mass is 233 g/mol. The minimum atomic E-state index is 0.192. The average Bonchev–Trinajstić information content (AvgIpc) is 2.26. The Morgan fingerprint density at radius 1 is 1.35 bits per heavy atom. The Bertz CT molecular complexity index is 370. The van der Waals surface area contributed by atoms with Gasteiger partial charge in [-0.25, -0.2) is 0 Å². The molecular weight excluding hydrogens is 210 g/mol. The van der Waals surface area contributed by atoms with Crippen molar-refractivity contribution in [3.05, 3.63) is 30.1 Å². The van der Waals surface area contributed by atoms with Crippen LogP contribution in [0.15, 0.2) is 24.5 Å². The maximum Gasteiger partial charge on any atom is 0.0312 e. The van der Waals surface area contributed by atoms with E-state index in [1.807, 2.05) is 18.5 Å². The number of pyridine rings is 1. The van der Waals surface area contributed by atoms with Crippen LogP contribution in [0.3, 0.4) is 0 Å². The molecule has 0 saturated carbocycles. The van der Waals surface area contributed by atoms with Crippen LogP contribution < -0.4 is 5.32 Å². The van der Waals surface area contributed by atoms with Gasteiger partial charge in [0.15, 0.2) is 0 Å². The molecule has 0 unspecified atom stereocenters. The maximum atomic E-state index is 4.19. The third-order valence-electron chi connectivity index (χ3n) is 3.54. The first-order chi connectivity index (χ1) is 7.89. The molecule has 1 N–H and O–H groups in total. The third kappa shape index (κ3) is 3.05. The maximum absolute atomic E-state index is 4.19. The highest BCUT2D eigenvalue weighted by molar-refractivity contribution is 5.10. The van der Waals surface area contributed by atoms with Gasteiger partial charge in [0, 0.05) is 43.1 Å². The van der Waals surface area contributed by atoms with Crippen LogP contribution in [0, 0.1) is 0 Å². The summed E-state index contributed by atoms with van der Waals surface area (Å²) in [4.78, 5) is 6.73. The van der Waals surface area contributed by atoms with Crippen LogP contribution in [-0.4, -0.2) is 34.1 Å². The Labute approximate surface area is 104 Å². The molecule has 3 heteroatoms. The predicted molar refractivity (Wildman–Crippen MR) is 70.8 cm³/mol. The zero-order valence-corrected chi connectivity index (χ0v) is 11.3. The standard InChI is InChI=1S/C14H23N3/c1-13(2)11-17(14(3,4)10-16-13)9-12-6-5-7-15-8-12/h5-8,16H,9-11H2,1-4H3. The molecule has 0 atom stereocenters. The van der Waals surface area contributed by atoms with E-state index < -0.39 is 0 Å². The summed E-state index contributed by atoms with van der Waals surface area (Å²) in [7, 11) is 0. The molecule has 1 aromatic heterocycles. The molecule has 0 bridgehead atoms. The topological polar surface area (TPSA) is 28.2 Å². The largest absolute Gasteiger partial charge is 0.309 e. The second-order valence-electron chi connectivity index (χ2n) is 6.27. The van der Waals surface area contributed by atoms with Gasteiger partial charge in [-0.2, -0.15) is 0 Å². The van der Waals surface area contributed by atoms with E-state index in [4.69, 9.17) is 0 Å². The van der Waals surface area contributed by atoms with Gasteiger partial charge in [0.25, 0.3) is 0 Å². The van der Waals surface area contributed by atoms with Crippen LogP contribution in [0.25, 0.3) is 0 Å². The van der Waals surface area contributed by atoms with Crippen LogP contribution in [0.5, 0.6) is 0 Å². The van der Waals surface area contributed by atoms with Gasteiger partial charge in [0.05, 0.1) is 0 Å². The number of hydrogen-bond donors (Lipinski definition) is 1. The molecule has 1 aromatic rings. The average molecular weight is 233 g/mol. The van der Waals surface area contributed by atoms with Crippen molar-refractivity contribution in [2.24, 2.45) is 0 Å². The number of nitrogens with zero attached hydrogens (tertiary/aromatic N) is 2. The molecule has 0 radical (unpaired) electrons. The summed E-state index contributed by atoms with van der Waals surface area (Å²) in [6.07, 6.45) is 3.79. The lowest BCUT2D eigenvalue weighted by atomic mass is 9.91. The molecule has 0 aromatic carbocycles. The highest BCUT2D eigenvalue weighted by atomic mass is 15.3. The van der Waals surface area contributed by atoms with Crippen LogP contribution >= 0.6 is 0 Å². The highest BCUT2D eigenvalue weighted by Gasteiger charge is 2.37. The van der Waals surface area contributed by atoms with Crippen LogP contribution in [0.2, 0.25) is 0 Å². The molecule has 2 heterocycles. The normalized spacial score (nSPS) is 23.5. The zero-order chi connectivity index (χ0) is 12.5. The summed E-state index contributed by atoms with van der Waals surface area (Å²) >= 11 is 0. The fraction of sp³-hybridized carbons (Fsp3) is 0.643. The molecule has 3 nitrogen and oxygen atoms in total. The van der Waals surface area contributed by atoms with Crippen molar-refractivity contribution in [3.8, 4) is 0 Å². The molecule has 17 heavy (non-hydrogen) atoms. The Balaban J connectivity index is 2.12. The van der Waals surface area contributed by atoms with Crippen LogP contribution in [0.4, 0.5) is 0 Å². The first kappa shape index (κ1) is 12.5. The smallest absolute Gasteiger partial charge is 0.0312 e. The molecule has 1 aliphatic heterocycles. The van der Waals surface area contributed by atoms with Crippen molar-refractivity contribution >= 4 is 0 Å². The SMILES string of the molecule is CC1(C)CN(Cc2cccnc2)C(C)(C)CN1. The molecule has 1 aliphatic rings. The van der Waals surface area contributed by atoms with Gasteiger partial charge in [0.1, 0.15) is 0 Å². The lowest BCUT2D eigenvalue weighted by molar-refractivity contribution is 0.0323. The fourth-order valence-corrected chi connectivity index (χ4v) is 2.30. The minimum Gasteiger partial charge on any atom is -0.309 e. The van der Waals surface area contributed by atoms with Gasteiger partial charge in [0.2, 0.25) is 0 Å².